The lowest BCUT2D eigenvalue weighted by Gasteiger charge is -2.25. The topological polar surface area (TPSA) is 17.3 Å². The van der Waals surface area contributed by atoms with Gasteiger partial charge < -0.3 is 0 Å². The molecule has 0 fully saturated rings. The lowest BCUT2D eigenvalue weighted by Crippen LogP contribution is -2.24. The molecule has 0 saturated heterocycles. The highest BCUT2D eigenvalue weighted by molar-refractivity contribution is 8.25. The number of pyridine rings is 1. The Labute approximate surface area is 231 Å². The molecule has 0 aliphatic heterocycles. The Morgan fingerprint density at radius 3 is 1.95 bits per heavy atom. The molecule has 0 aliphatic carbocycles. The Bertz CT molecular complexity index is 2210. The van der Waals surface area contributed by atoms with E-state index >= 15 is 0 Å². The Balaban J connectivity index is 1.56. The summed E-state index contributed by atoms with van der Waals surface area (Å²) in [4.78, 5) is 5.16. The molecule has 0 N–H and O–H groups in total. The second-order valence-electron chi connectivity index (χ2n) is 9.95. The number of imidazole rings is 1. The largest absolute Gasteiger partial charge is 0.292 e. The molecule has 184 valence electrons. The van der Waals surface area contributed by atoms with Crippen molar-refractivity contribution in [1.29, 1.82) is 0 Å². The van der Waals surface area contributed by atoms with Crippen LogP contribution in [0.2, 0.25) is 0 Å². The van der Waals surface area contributed by atoms with E-state index in [0.29, 0.717) is 0 Å². The summed E-state index contributed by atoms with van der Waals surface area (Å²) in [6.07, 6.45) is 0. The van der Waals surface area contributed by atoms with Crippen molar-refractivity contribution in [1.82, 2.24) is 9.38 Å². The minimum Gasteiger partial charge on any atom is -0.292 e. The second-order valence-corrected chi connectivity index (χ2v) is 14.4. The van der Waals surface area contributed by atoms with E-state index in [4.69, 9.17) is 16.8 Å². The van der Waals surface area contributed by atoms with Crippen molar-refractivity contribution in [2.75, 3.05) is 0 Å². The maximum absolute atomic E-state index is 6.71. The highest BCUT2D eigenvalue weighted by atomic mass is 32.4. The molecule has 4 heteroatoms. The molecule has 0 bridgehead atoms. The third kappa shape index (κ3) is 3.27. The first-order valence-corrected chi connectivity index (χ1v) is 15.9. The standard InChI is InChI=1S/C35H23N2PS/c39-38(25-12-3-1-4-13-25,26-14-5-2-6-15-26)27-20-22-32-30(23-27)29-21-19-24-11-7-8-16-28(24)34(29)35-36-31-17-9-10-18-33(31)37(32)35/h1-23H. The van der Waals surface area contributed by atoms with Gasteiger partial charge >= 0.3 is 0 Å². The van der Waals surface area contributed by atoms with Crippen LogP contribution in [0.15, 0.2) is 140 Å². The molecule has 0 aliphatic rings. The van der Waals surface area contributed by atoms with Crippen LogP contribution in [-0.4, -0.2) is 9.38 Å². The van der Waals surface area contributed by atoms with Gasteiger partial charge in [-0.15, -0.1) is 0 Å². The first kappa shape index (κ1) is 22.7. The maximum atomic E-state index is 6.71. The molecule has 39 heavy (non-hydrogen) atoms. The third-order valence-corrected chi connectivity index (χ3v) is 12.8. The zero-order valence-corrected chi connectivity index (χ0v) is 22.7. The summed E-state index contributed by atoms with van der Waals surface area (Å²) in [5.74, 6) is 0. The minimum atomic E-state index is -2.29. The zero-order valence-electron chi connectivity index (χ0n) is 21.0. The Morgan fingerprint density at radius 2 is 1.18 bits per heavy atom. The van der Waals surface area contributed by atoms with Crippen molar-refractivity contribution < 1.29 is 0 Å². The van der Waals surface area contributed by atoms with Gasteiger partial charge in [-0.1, -0.05) is 127 Å². The van der Waals surface area contributed by atoms with Crippen molar-refractivity contribution in [3.8, 4) is 0 Å². The van der Waals surface area contributed by atoms with Crippen LogP contribution in [0.25, 0.3) is 49.1 Å². The number of aromatic nitrogens is 2. The molecule has 0 atom stereocenters. The molecule has 2 nitrogen and oxygen atoms in total. The van der Waals surface area contributed by atoms with Crippen LogP contribution in [0.4, 0.5) is 0 Å². The summed E-state index contributed by atoms with van der Waals surface area (Å²) in [7, 11) is 0. The van der Waals surface area contributed by atoms with E-state index in [0.717, 1.165) is 22.2 Å². The summed E-state index contributed by atoms with van der Waals surface area (Å²) >= 11 is 6.71. The summed E-state index contributed by atoms with van der Waals surface area (Å²) in [6.45, 7) is 0. The fourth-order valence-electron chi connectivity index (χ4n) is 6.03. The molecular formula is C35H23N2PS. The fourth-order valence-corrected chi connectivity index (χ4v) is 9.77. The lowest BCUT2D eigenvalue weighted by atomic mass is 9.99. The fraction of sp³-hybridized carbons (Fsp3) is 0. The Kier molecular flexibility index (Phi) is 5.00. The summed E-state index contributed by atoms with van der Waals surface area (Å²) in [6, 6.07) is 47.4. The summed E-state index contributed by atoms with van der Waals surface area (Å²) in [5, 5.41) is 9.62. The van der Waals surface area contributed by atoms with Gasteiger partial charge in [0, 0.05) is 16.8 Å². The maximum Gasteiger partial charge on any atom is 0.147 e. The van der Waals surface area contributed by atoms with Gasteiger partial charge in [0.15, 0.2) is 0 Å². The van der Waals surface area contributed by atoms with E-state index in [2.05, 4.69) is 144 Å². The van der Waals surface area contributed by atoms with Crippen molar-refractivity contribution in [2.24, 2.45) is 0 Å². The van der Waals surface area contributed by atoms with Crippen LogP contribution in [0, 0.1) is 0 Å². The third-order valence-electron chi connectivity index (χ3n) is 7.83. The number of nitrogens with zero attached hydrogens (tertiary/aromatic N) is 2. The van der Waals surface area contributed by atoms with Gasteiger partial charge in [-0.25, -0.2) is 4.98 Å². The van der Waals surface area contributed by atoms with E-state index in [1.807, 2.05) is 0 Å². The van der Waals surface area contributed by atoms with Crippen molar-refractivity contribution in [2.45, 2.75) is 0 Å². The van der Waals surface area contributed by atoms with Crippen molar-refractivity contribution in [3.63, 3.8) is 0 Å². The Hall–Kier alpha value is -4.30. The number of hydrogen-bond donors (Lipinski definition) is 0. The first-order chi connectivity index (χ1) is 19.2. The molecule has 0 saturated carbocycles. The van der Waals surface area contributed by atoms with Crippen LogP contribution in [0.3, 0.4) is 0 Å². The SMILES string of the molecule is S=P(c1ccccc1)(c1ccccc1)c1ccc2c(c1)c1ccc3ccccc3c1c1nc3ccccc3n21. The number of rotatable bonds is 3. The monoisotopic (exact) mass is 534 g/mol. The van der Waals surface area contributed by atoms with E-state index in [-0.39, 0.29) is 0 Å². The smallest absolute Gasteiger partial charge is 0.147 e. The Morgan fingerprint density at radius 1 is 0.513 bits per heavy atom. The lowest BCUT2D eigenvalue weighted by molar-refractivity contribution is 1.32. The molecule has 2 heterocycles. The molecule has 0 amide bonds. The van der Waals surface area contributed by atoms with E-state index < -0.39 is 6.04 Å². The predicted octanol–water partition coefficient (Wildman–Crippen LogP) is 7.70. The van der Waals surface area contributed by atoms with E-state index in [9.17, 15) is 0 Å². The van der Waals surface area contributed by atoms with Gasteiger partial charge in [0.2, 0.25) is 0 Å². The van der Waals surface area contributed by atoms with Gasteiger partial charge in [0.05, 0.1) is 16.6 Å². The number of fused-ring (bicyclic) bond motifs is 10. The molecule has 2 aromatic heterocycles. The van der Waals surface area contributed by atoms with Crippen LogP contribution in [-0.2, 0) is 11.8 Å². The summed E-state index contributed by atoms with van der Waals surface area (Å²) < 4.78 is 2.33. The molecule has 0 spiro atoms. The van der Waals surface area contributed by atoms with Crippen LogP contribution >= 0.6 is 6.04 Å². The van der Waals surface area contributed by atoms with Crippen molar-refractivity contribution >= 4 is 82.9 Å². The first-order valence-electron chi connectivity index (χ1n) is 13.1. The van der Waals surface area contributed by atoms with E-state index in [1.165, 1.54) is 42.8 Å². The number of hydrogen-bond acceptors (Lipinski definition) is 2. The highest BCUT2D eigenvalue weighted by Gasteiger charge is 2.26. The molecule has 8 rings (SSSR count). The molecule has 0 unspecified atom stereocenters. The quantitative estimate of drug-likeness (QED) is 0.171. The van der Waals surface area contributed by atoms with Gasteiger partial charge in [0.25, 0.3) is 0 Å². The van der Waals surface area contributed by atoms with Gasteiger partial charge in [-0.2, -0.15) is 0 Å². The molecule has 8 aromatic rings. The predicted molar refractivity (Wildman–Crippen MR) is 171 cm³/mol. The molecule has 0 radical (unpaired) electrons. The zero-order chi connectivity index (χ0) is 26.0. The molecular weight excluding hydrogens is 511 g/mol. The summed E-state index contributed by atoms with van der Waals surface area (Å²) in [5.41, 5.74) is 4.26. The normalized spacial score (nSPS) is 12.2. The average molecular weight is 535 g/mol. The van der Waals surface area contributed by atoms with Gasteiger partial charge in [-0.3, -0.25) is 4.40 Å². The van der Waals surface area contributed by atoms with Crippen molar-refractivity contribution in [3.05, 3.63) is 140 Å². The second kappa shape index (κ2) is 8.61. The highest BCUT2D eigenvalue weighted by Crippen LogP contribution is 2.44. The van der Waals surface area contributed by atoms with Crippen LogP contribution in [0.1, 0.15) is 0 Å². The van der Waals surface area contributed by atoms with Gasteiger partial charge in [-0.05, 0) is 56.3 Å². The number of para-hydroxylation sites is 2. The average Bonchev–Trinajstić information content (AvgIpc) is 3.41. The van der Waals surface area contributed by atoms with Gasteiger partial charge in [0.1, 0.15) is 5.65 Å². The van der Waals surface area contributed by atoms with Crippen LogP contribution < -0.4 is 15.9 Å². The molecule has 6 aromatic carbocycles. The number of benzene rings is 6. The minimum absolute atomic E-state index is 0.994. The van der Waals surface area contributed by atoms with Crippen LogP contribution in [0.5, 0.6) is 0 Å². The van der Waals surface area contributed by atoms with E-state index in [1.54, 1.807) is 0 Å².